The highest BCUT2D eigenvalue weighted by Crippen LogP contribution is 2.31. The zero-order valence-electron chi connectivity index (χ0n) is 19.4. The second-order valence-electron chi connectivity index (χ2n) is 8.35. The van der Waals surface area contributed by atoms with Gasteiger partial charge in [0.2, 0.25) is 0 Å². The van der Waals surface area contributed by atoms with Crippen molar-refractivity contribution < 1.29 is 4.79 Å². The van der Waals surface area contributed by atoms with Gasteiger partial charge in [-0.2, -0.15) is 5.10 Å². The van der Waals surface area contributed by atoms with Crippen LogP contribution < -0.4 is 10.2 Å². The number of carbonyl (C=O) groups is 1. The Hall–Kier alpha value is -4.16. The normalized spacial score (nSPS) is 10.9. The molecule has 174 valence electrons. The van der Waals surface area contributed by atoms with E-state index in [2.05, 4.69) is 15.4 Å². The van der Waals surface area contributed by atoms with Gasteiger partial charge in [-0.3, -0.25) is 14.5 Å². The highest BCUT2D eigenvalue weighted by atomic mass is 35.5. The van der Waals surface area contributed by atoms with Gasteiger partial charge in [0.25, 0.3) is 5.91 Å². The van der Waals surface area contributed by atoms with E-state index in [0.29, 0.717) is 22.9 Å². The predicted octanol–water partition coefficient (Wildman–Crippen LogP) is 6.18. The van der Waals surface area contributed by atoms with E-state index in [1.165, 1.54) is 0 Å². The summed E-state index contributed by atoms with van der Waals surface area (Å²) >= 11 is 6.64. The number of halogens is 1. The van der Waals surface area contributed by atoms with Crippen LogP contribution in [0.25, 0.3) is 22.2 Å². The lowest BCUT2D eigenvalue weighted by Crippen LogP contribution is -2.22. The summed E-state index contributed by atoms with van der Waals surface area (Å²) in [5.41, 5.74) is 5.60. The summed E-state index contributed by atoms with van der Waals surface area (Å²) < 4.78 is 1.68. The second-order valence-corrected chi connectivity index (χ2v) is 8.71. The zero-order chi connectivity index (χ0) is 24.4. The van der Waals surface area contributed by atoms with Gasteiger partial charge in [0, 0.05) is 42.8 Å². The van der Waals surface area contributed by atoms with Gasteiger partial charge in [0.05, 0.1) is 28.7 Å². The van der Waals surface area contributed by atoms with Crippen LogP contribution in [0.1, 0.15) is 15.9 Å². The van der Waals surface area contributed by atoms with Gasteiger partial charge in [-0.1, -0.05) is 72.3 Å². The molecule has 0 aliphatic heterocycles. The van der Waals surface area contributed by atoms with Gasteiger partial charge in [-0.15, -0.1) is 0 Å². The second kappa shape index (κ2) is 9.60. The number of rotatable bonds is 6. The first kappa shape index (κ1) is 22.6. The summed E-state index contributed by atoms with van der Waals surface area (Å²) in [7, 11) is 3.78. The average Bonchev–Trinajstić information content (AvgIpc) is 3.17. The van der Waals surface area contributed by atoms with E-state index in [1.54, 1.807) is 10.9 Å². The van der Waals surface area contributed by atoms with Gasteiger partial charge in [0.1, 0.15) is 5.15 Å². The molecule has 1 amide bonds. The molecule has 3 aromatic carbocycles. The Morgan fingerprint density at radius 2 is 1.71 bits per heavy atom. The molecule has 0 unspecified atom stereocenters. The van der Waals surface area contributed by atoms with Gasteiger partial charge in [-0.05, 0) is 24.3 Å². The Bertz CT molecular complexity index is 1510. The molecule has 1 N–H and O–H groups in total. The number of benzene rings is 3. The number of nitrogens with zero attached hydrogens (tertiary/aromatic N) is 4. The number of anilines is 2. The Morgan fingerprint density at radius 3 is 2.54 bits per heavy atom. The molecule has 5 aromatic rings. The van der Waals surface area contributed by atoms with E-state index in [-0.39, 0.29) is 5.91 Å². The van der Waals surface area contributed by atoms with Crippen LogP contribution in [0.5, 0.6) is 0 Å². The van der Waals surface area contributed by atoms with Crippen molar-refractivity contribution in [2.24, 2.45) is 7.05 Å². The van der Waals surface area contributed by atoms with Crippen LogP contribution in [-0.2, 0) is 13.6 Å². The molecular formula is C28H24ClN5O. The molecule has 0 saturated carbocycles. The maximum Gasteiger partial charge on any atom is 0.257 e. The molecule has 0 atom stereocenters. The topological polar surface area (TPSA) is 63.1 Å². The molecule has 35 heavy (non-hydrogen) atoms. The Labute approximate surface area is 208 Å². The lowest BCUT2D eigenvalue weighted by Gasteiger charge is -2.22. The molecule has 0 aliphatic carbocycles. The monoisotopic (exact) mass is 481 g/mol. The number of amides is 1. The van der Waals surface area contributed by atoms with Crippen LogP contribution in [0.3, 0.4) is 0 Å². The third-order valence-corrected chi connectivity index (χ3v) is 6.39. The van der Waals surface area contributed by atoms with Crippen molar-refractivity contribution in [3.8, 4) is 11.3 Å². The van der Waals surface area contributed by atoms with E-state index in [0.717, 1.165) is 33.4 Å². The minimum atomic E-state index is -0.204. The van der Waals surface area contributed by atoms with Crippen LogP contribution in [0.4, 0.5) is 11.4 Å². The highest BCUT2D eigenvalue weighted by molar-refractivity contribution is 6.30. The number of fused-ring (bicyclic) bond motifs is 1. The first-order valence-corrected chi connectivity index (χ1v) is 11.6. The lowest BCUT2D eigenvalue weighted by molar-refractivity contribution is 0.102. The first-order valence-electron chi connectivity index (χ1n) is 11.2. The van der Waals surface area contributed by atoms with Gasteiger partial charge in [-0.25, -0.2) is 0 Å². The van der Waals surface area contributed by atoms with Crippen LogP contribution in [0, 0.1) is 0 Å². The summed E-state index contributed by atoms with van der Waals surface area (Å²) in [6.45, 7) is 0.485. The summed E-state index contributed by atoms with van der Waals surface area (Å²) in [5, 5.41) is 9.17. The molecule has 0 spiro atoms. The third-order valence-electron chi connectivity index (χ3n) is 5.92. The fraction of sp³-hybridized carbons (Fsp3) is 0.107. The number of nitrogens with one attached hydrogen (secondary N) is 1. The maximum absolute atomic E-state index is 13.3. The Balaban J connectivity index is 1.43. The number of hydrogen-bond donors (Lipinski definition) is 1. The number of para-hydroxylation sites is 2. The van der Waals surface area contributed by atoms with E-state index < -0.39 is 0 Å². The highest BCUT2D eigenvalue weighted by Gasteiger charge is 2.20. The number of pyridine rings is 1. The number of aromatic nitrogens is 3. The predicted molar refractivity (Wildman–Crippen MR) is 142 cm³/mol. The van der Waals surface area contributed by atoms with E-state index in [4.69, 9.17) is 11.6 Å². The van der Waals surface area contributed by atoms with E-state index in [1.807, 2.05) is 104 Å². The molecular weight excluding hydrogens is 458 g/mol. The number of carbonyl (C=O) groups excluding carboxylic acids is 1. The number of aryl methyl sites for hydroxylation is 1. The van der Waals surface area contributed by atoms with Gasteiger partial charge in [0.15, 0.2) is 0 Å². The minimum absolute atomic E-state index is 0.204. The molecule has 2 aromatic heterocycles. The van der Waals surface area contributed by atoms with Crippen molar-refractivity contribution >= 4 is 39.8 Å². The van der Waals surface area contributed by atoms with Crippen LogP contribution in [-0.4, -0.2) is 27.7 Å². The van der Waals surface area contributed by atoms with Crippen molar-refractivity contribution in [1.29, 1.82) is 0 Å². The lowest BCUT2D eigenvalue weighted by atomic mass is 10.1. The summed E-state index contributed by atoms with van der Waals surface area (Å²) in [4.78, 5) is 19.7. The molecule has 0 radical (unpaired) electrons. The van der Waals surface area contributed by atoms with Crippen molar-refractivity contribution in [3.05, 3.63) is 107 Å². The van der Waals surface area contributed by atoms with Gasteiger partial charge < -0.3 is 10.2 Å². The van der Waals surface area contributed by atoms with E-state index >= 15 is 0 Å². The van der Waals surface area contributed by atoms with Gasteiger partial charge >= 0.3 is 0 Å². The molecule has 5 rings (SSSR count). The van der Waals surface area contributed by atoms with Crippen LogP contribution in [0.2, 0.25) is 5.15 Å². The van der Waals surface area contributed by atoms with Crippen molar-refractivity contribution in [2.75, 3.05) is 17.3 Å². The third kappa shape index (κ3) is 4.61. The molecule has 0 fully saturated rings. The molecule has 7 heteroatoms. The van der Waals surface area contributed by atoms with Crippen LogP contribution >= 0.6 is 11.6 Å². The molecule has 0 saturated heterocycles. The molecule has 0 bridgehead atoms. The molecule has 2 heterocycles. The minimum Gasteiger partial charge on any atom is -0.369 e. The van der Waals surface area contributed by atoms with E-state index in [9.17, 15) is 4.79 Å². The average molecular weight is 482 g/mol. The van der Waals surface area contributed by atoms with Crippen LogP contribution in [0.15, 0.2) is 91.1 Å². The fourth-order valence-electron chi connectivity index (χ4n) is 4.17. The maximum atomic E-state index is 13.3. The smallest absolute Gasteiger partial charge is 0.257 e. The number of hydrogen-bond acceptors (Lipinski definition) is 4. The zero-order valence-corrected chi connectivity index (χ0v) is 20.2. The van der Waals surface area contributed by atoms with Crippen molar-refractivity contribution in [1.82, 2.24) is 14.8 Å². The Morgan fingerprint density at radius 1 is 1.00 bits per heavy atom. The first-order chi connectivity index (χ1) is 17.0. The molecule has 0 aliphatic rings. The quantitative estimate of drug-likeness (QED) is 0.314. The fourth-order valence-corrected chi connectivity index (χ4v) is 4.36. The summed E-state index contributed by atoms with van der Waals surface area (Å²) in [6.07, 6.45) is 1.67. The largest absolute Gasteiger partial charge is 0.369 e. The standard InChI is InChI=1S/C28H24ClN5O/c1-33(18-23-26(32-34(2)27(23)29)19-10-4-3-5-11-19)25-15-9-7-13-22(25)28(35)31-21-16-20-12-6-8-14-24(20)30-17-21/h3-17H,18H2,1-2H3,(H,31,35). The van der Waals surface area contributed by atoms with Crippen molar-refractivity contribution in [3.63, 3.8) is 0 Å². The van der Waals surface area contributed by atoms with Crippen molar-refractivity contribution in [2.45, 2.75) is 6.54 Å². The molecule has 6 nitrogen and oxygen atoms in total. The summed E-state index contributed by atoms with van der Waals surface area (Å²) in [6, 6.07) is 27.2. The Kier molecular flexibility index (Phi) is 6.21. The SMILES string of the molecule is CN(Cc1c(-c2ccccc2)nn(C)c1Cl)c1ccccc1C(=O)Nc1cnc2ccccc2c1. The summed E-state index contributed by atoms with van der Waals surface area (Å²) in [5.74, 6) is -0.204.